The minimum Gasteiger partial charge on any atom is -0.494 e. The molecular formula is C13H15N5O3. The molecule has 2 heterocycles. The van der Waals surface area contributed by atoms with Crippen LogP contribution in [0.1, 0.15) is 18.2 Å². The maximum atomic E-state index is 10.9. The van der Waals surface area contributed by atoms with E-state index in [9.17, 15) is 4.79 Å². The highest BCUT2D eigenvalue weighted by Crippen LogP contribution is 2.43. The average molecular weight is 289 g/mol. The van der Waals surface area contributed by atoms with Crippen LogP contribution in [0, 0.1) is 0 Å². The Balaban J connectivity index is 2.07. The van der Waals surface area contributed by atoms with Gasteiger partial charge in [-0.1, -0.05) is 12.1 Å². The summed E-state index contributed by atoms with van der Waals surface area (Å²) in [6.07, 6.45) is -0.474. The van der Waals surface area contributed by atoms with Gasteiger partial charge in [-0.15, -0.1) is 0 Å². The second kappa shape index (κ2) is 4.65. The number of guanidine groups is 1. The molecule has 0 spiro atoms. The largest absolute Gasteiger partial charge is 0.494 e. The van der Waals surface area contributed by atoms with E-state index in [-0.39, 0.29) is 18.5 Å². The lowest BCUT2D eigenvalue weighted by molar-refractivity contribution is -0.135. The van der Waals surface area contributed by atoms with Gasteiger partial charge in [-0.05, 0) is 6.07 Å². The first-order valence-electron chi connectivity index (χ1n) is 6.35. The number of aliphatic carboxylic acids is 1. The number of benzene rings is 1. The van der Waals surface area contributed by atoms with Crippen molar-refractivity contribution in [2.75, 3.05) is 14.2 Å². The molecule has 0 aliphatic carbocycles. The van der Waals surface area contributed by atoms with Gasteiger partial charge in [-0.2, -0.15) is 5.10 Å². The van der Waals surface area contributed by atoms with Crippen LogP contribution in [0.4, 0.5) is 5.69 Å². The molecule has 0 saturated heterocycles. The summed E-state index contributed by atoms with van der Waals surface area (Å²) in [5.41, 5.74) is 7.47. The SMILES string of the molecule is COc1cccc2c1N=C(N)N1N=C(CC(=O)O)N(C)C21. The number of carboxylic acid groups (broad SMARTS) is 1. The molecule has 2 aliphatic rings. The van der Waals surface area contributed by atoms with E-state index in [1.165, 1.54) is 5.01 Å². The van der Waals surface area contributed by atoms with Crippen molar-refractivity contribution < 1.29 is 14.6 Å². The molecule has 2 aliphatic heterocycles. The number of methoxy groups -OCH3 is 1. The van der Waals surface area contributed by atoms with Gasteiger partial charge in [0.1, 0.15) is 23.7 Å². The molecule has 3 rings (SSSR count). The first-order valence-corrected chi connectivity index (χ1v) is 6.35. The van der Waals surface area contributed by atoms with Gasteiger partial charge < -0.3 is 20.5 Å². The lowest BCUT2D eigenvalue weighted by atomic mass is 10.1. The normalized spacial score (nSPS) is 19.6. The molecule has 0 fully saturated rings. The molecule has 8 nitrogen and oxygen atoms in total. The Kier molecular flexibility index (Phi) is 2.93. The van der Waals surface area contributed by atoms with Crippen molar-refractivity contribution in [2.45, 2.75) is 12.6 Å². The summed E-state index contributed by atoms with van der Waals surface area (Å²) >= 11 is 0. The fraction of sp³-hybridized carbons (Fsp3) is 0.308. The van der Waals surface area contributed by atoms with E-state index in [0.717, 1.165) is 5.56 Å². The lowest BCUT2D eigenvalue weighted by Gasteiger charge is -2.32. The third-order valence-corrected chi connectivity index (χ3v) is 3.53. The second-order valence-electron chi connectivity index (χ2n) is 4.78. The fourth-order valence-corrected chi connectivity index (χ4v) is 2.56. The molecule has 1 unspecified atom stereocenters. The zero-order chi connectivity index (χ0) is 15.1. The maximum Gasteiger partial charge on any atom is 0.311 e. The molecule has 1 aromatic carbocycles. The van der Waals surface area contributed by atoms with Gasteiger partial charge in [0.15, 0.2) is 6.17 Å². The van der Waals surface area contributed by atoms with Gasteiger partial charge in [0, 0.05) is 12.6 Å². The Hall–Kier alpha value is -2.77. The average Bonchev–Trinajstić information content (AvgIpc) is 2.76. The van der Waals surface area contributed by atoms with Crippen molar-refractivity contribution in [3.05, 3.63) is 23.8 Å². The predicted molar refractivity (Wildman–Crippen MR) is 76.3 cm³/mol. The number of ether oxygens (including phenoxy) is 1. The second-order valence-corrected chi connectivity index (χ2v) is 4.78. The van der Waals surface area contributed by atoms with Gasteiger partial charge in [0.25, 0.3) is 0 Å². The fourth-order valence-electron chi connectivity index (χ4n) is 2.56. The zero-order valence-corrected chi connectivity index (χ0v) is 11.6. The van der Waals surface area contributed by atoms with Crippen LogP contribution in [-0.2, 0) is 4.79 Å². The molecule has 0 amide bonds. The van der Waals surface area contributed by atoms with Crippen molar-refractivity contribution in [1.29, 1.82) is 0 Å². The number of amidine groups is 1. The monoisotopic (exact) mass is 289 g/mol. The number of hydrazone groups is 1. The number of hydrogen-bond acceptors (Lipinski definition) is 7. The summed E-state index contributed by atoms with van der Waals surface area (Å²) in [6, 6.07) is 5.57. The Labute approximate surface area is 121 Å². The number of fused-ring (bicyclic) bond motifs is 3. The van der Waals surface area contributed by atoms with Gasteiger partial charge in [-0.25, -0.2) is 10.0 Å². The summed E-state index contributed by atoms with van der Waals surface area (Å²) in [5.74, 6) is 0.322. The van der Waals surface area contributed by atoms with Crippen LogP contribution in [0.15, 0.2) is 28.3 Å². The van der Waals surface area contributed by atoms with E-state index in [1.54, 1.807) is 25.1 Å². The Morgan fingerprint density at radius 1 is 1.52 bits per heavy atom. The summed E-state index contributed by atoms with van der Waals surface area (Å²) in [7, 11) is 3.35. The smallest absolute Gasteiger partial charge is 0.311 e. The standard InChI is InChI=1S/C13H15N5O3/c1-17-9(6-10(19)20)16-18-12(17)7-4-3-5-8(21-2)11(7)15-13(18)14/h3-5,12H,6H2,1-2H3,(H2,14,15)(H,19,20). The van der Waals surface area contributed by atoms with E-state index in [4.69, 9.17) is 15.6 Å². The van der Waals surface area contributed by atoms with Crippen LogP contribution >= 0.6 is 0 Å². The number of hydrogen-bond donors (Lipinski definition) is 2. The van der Waals surface area contributed by atoms with Crippen LogP contribution < -0.4 is 10.5 Å². The van der Waals surface area contributed by atoms with Crippen LogP contribution in [0.5, 0.6) is 5.75 Å². The van der Waals surface area contributed by atoms with E-state index in [0.29, 0.717) is 17.3 Å². The summed E-state index contributed by atoms with van der Waals surface area (Å²) in [6.45, 7) is 0. The molecule has 1 atom stereocenters. The van der Waals surface area contributed by atoms with Crippen LogP contribution in [0.3, 0.4) is 0 Å². The molecule has 110 valence electrons. The number of nitrogens with zero attached hydrogens (tertiary/aromatic N) is 4. The van der Waals surface area contributed by atoms with E-state index >= 15 is 0 Å². The molecule has 8 heteroatoms. The third-order valence-electron chi connectivity index (χ3n) is 3.53. The molecule has 0 radical (unpaired) electrons. The van der Waals surface area contributed by atoms with Gasteiger partial charge in [-0.3, -0.25) is 4.79 Å². The molecule has 0 bridgehead atoms. The number of para-hydroxylation sites is 1. The van der Waals surface area contributed by atoms with Crippen molar-refractivity contribution in [3.8, 4) is 5.75 Å². The first kappa shape index (κ1) is 13.2. The van der Waals surface area contributed by atoms with Crippen LogP contribution in [0.2, 0.25) is 0 Å². The molecule has 3 N–H and O–H groups in total. The van der Waals surface area contributed by atoms with Gasteiger partial charge in [0.2, 0.25) is 5.96 Å². The summed E-state index contributed by atoms with van der Waals surface area (Å²) in [4.78, 5) is 17.0. The van der Waals surface area contributed by atoms with Crippen molar-refractivity contribution >= 4 is 23.5 Å². The number of aliphatic imine (C=N–C) groups is 1. The summed E-state index contributed by atoms with van der Waals surface area (Å²) < 4.78 is 5.30. The van der Waals surface area contributed by atoms with Crippen molar-refractivity contribution in [2.24, 2.45) is 15.8 Å². The van der Waals surface area contributed by atoms with E-state index in [2.05, 4.69) is 10.1 Å². The topological polar surface area (TPSA) is 104 Å². The highest BCUT2D eigenvalue weighted by Gasteiger charge is 2.40. The Morgan fingerprint density at radius 3 is 2.95 bits per heavy atom. The van der Waals surface area contributed by atoms with Gasteiger partial charge in [0.05, 0.1) is 7.11 Å². The first-order chi connectivity index (χ1) is 10.0. The minimum absolute atomic E-state index is 0.171. The molecular weight excluding hydrogens is 274 g/mol. The summed E-state index contributed by atoms with van der Waals surface area (Å²) in [5, 5.41) is 14.8. The third kappa shape index (κ3) is 1.95. The predicted octanol–water partition coefficient (Wildman–Crippen LogP) is 0.689. The number of rotatable bonds is 3. The highest BCUT2D eigenvalue weighted by molar-refractivity contribution is 6.00. The zero-order valence-electron chi connectivity index (χ0n) is 11.6. The Morgan fingerprint density at radius 2 is 2.29 bits per heavy atom. The maximum absolute atomic E-state index is 10.9. The van der Waals surface area contributed by atoms with Crippen molar-refractivity contribution in [3.63, 3.8) is 0 Å². The lowest BCUT2D eigenvalue weighted by Crippen LogP contribution is -2.41. The molecule has 21 heavy (non-hydrogen) atoms. The highest BCUT2D eigenvalue weighted by atomic mass is 16.5. The molecule has 1 aromatic rings. The van der Waals surface area contributed by atoms with Crippen LogP contribution in [-0.4, -0.2) is 46.9 Å². The molecule has 0 aromatic heterocycles. The quantitative estimate of drug-likeness (QED) is 0.848. The van der Waals surface area contributed by atoms with E-state index < -0.39 is 5.97 Å². The number of carboxylic acids is 1. The van der Waals surface area contributed by atoms with Gasteiger partial charge >= 0.3 is 5.97 Å². The van der Waals surface area contributed by atoms with Crippen molar-refractivity contribution in [1.82, 2.24) is 9.91 Å². The Bertz CT molecular complexity index is 670. The van der Waals surface area contributed by atoms with E-state index in [1.807, 2.05) is 12.1 Å². The molecule has 0 saturated carbocycles. The minimum atomic E-state index is -0.943. The van der Waals surface area contributed by atoms with Crippen LogP contribution in [0.25, 0.3) is 0 Å². The number of nitrogens with two attached hydrogens (primary N) is 1. The number of carbonyl (C=O) groups is 1.